The molecule has 2 aliphatic heterocycles. The number of alkyl halides is 1. The summed E-state index contributed by atoms with van der Waals surface area (Å²) >= 11 is 0. The van der Waals surface area contributed by atoms with Crippen molar-refractivity contribution in [3.63, 3.8) is 0 Å². The van der Waals surface area contributed by atoms with E-state index in [9.17, 15) is 9.18 Å². The van der Waals surface area contributed by atoms with Gasteiger partial charge in [-0.1, -0.05) is 30.3 Å². The number of ketones is 1. The van der Waals surface area contributed by atoms with E-state index in [-0.39, 0.29) is 23.5 Å². The van der Waals surface area contributed by atoms with Crippen molar-refractivity contribution in [2.75, 3.05) is 13.2 Å². The number of benzene rings is 1. The zero-order valence-electron chi connectivity index (χ0n) is 12.9. The molecule has 0 spiro atoms. The van der Waals surface area contributed by atoms with E-state index in [0.29, 0.717) is 26.1 Å². The minimum atomic E-state index is -1.19. The Kier molecular flexibility index (Phi) is 3.30. The Morgan fingerprint density at radius 1 is 1.39 bits per heavy atom. The molecule has 3 atom stereocenters. The van der Waals surface area contributed by atoms with Crippen LogP contribution in [0, 0.1) is 5.41 Å². The normalized spacial score (nSPS) is 29.7. The van der Waals surface area contributed by atoms with Crippen molar-refractivity contribution in [2.24, 2.45) is 5.41 Å². The summed E-state index contributed by atoms with van der Waals surface area (Å²) in [6, 6.07) is 9.44. The van der Waals surface area contributed by atoms with Crippen LogP contribution >= 0.6 is 0 Å². The highest BCUT2D eigenvalue weighted by atomic mass is 19.1. The highest BCUT2D eigenvalue weighted by Gasteiger charge is 2.42. The molecule has 1 saturated heterocycles. The molecule has 1 fully saturated rings. The first-order valence-corrected chi connectivity index (χ1v) is 7.86. The molecule has 5 nitrogen and oxygen atoms in total. The van der Waals surface area contributed by atoms with Gasteiger partial charge in [-0.05, 0) is 18.9 Å². The van der Waals surface area contributed by atoms with Crippen molar-refractivity contribution in [2.45, 2.75) is 32.0 Å². The van der Waals surface area contributed by atoms with Crippen LogP contribution in [-0.2, 0) is 4.74 Å². The van der Waals surface area contributed by atoms with E-state index in [1.807, 2.05) is 37.3 Å². The molecule has 2 aromatic rings. The van der Waals surface area contributed by atoms with Gasteiger partial charge in [0.05, 0.1) is 18.1 Å². The lowest BCUT2D eigenvalue weighted by atomic mass is 9.85. The maximum absolute atomic E-state index is 14.3. The van der Waals surface area contributed by atoms with E-state index < -0.39 is 11.6 Å². The number of hydrogen-bond acceptors (Lipinski definition) is 4. The van der Waals surface area contributed by atoms with E-state index in [4.69, 9.17) is 4.74 Å². The molecule has 0 N–H and O–H groups in total. The first-order valence-electron chi connectivity index (χ1n) is 7.86. The fourth-order valence-electron chi connectivity index (χ4n) is 3.34. The number of fused-ring (bicyclic) bond motifs is 1. The molecule has 0 amide bonds. The number of hydrogen-bond donors (Lipinski definition) is 0. The standard InChI is InChI=1S/C17H18FN3O2/c1-17(7-8-23-10-17)14(22)15-19-16-12(18)9-13(21(16)20-15)11-5-3-2-4-6-11/h2-6,12-13H,7-10H2,1H3. The number of carbonyl (C=O) groups excluding carboxylic acids is 1. The third-order valence-corrected chi connectivity index (χ3v) is 4.82. The Morgan fingerprint density at radius 3 is 2.87 bits per heavy atom. The van der Waals surface area contributed by atoms with Gasteiger partial charge in [-0.15, -0.1) is 5.10 Å². The minimum absolute atomic E-state index is 0.108. The minimum Gasteiger partial charge on any atom is -0.380 e. The summed E-state index contributed by atoms with van der Waals surface area (Å²) in [6.07, 6.45) is -0.229. The summed E-state index contributed by atoms with van der Waals surface area (Å²) in [7, 11) is 0. The van der Waals surface area contributed by atoms with E-state index in [0.717, 1.165) is 5.56 Å². The number of halogens is 1. The molecule has 3 unspecified atom stereocenters. The van der Waals surface area contributed by atoms with Crippen molar-refractivity contribution in [1.29, 1.82) is 0 Å². The van der Waals surface area contributed by atoms with Crippen molar-refractivity contribution in [1.82, 2.24) is 14.8 Å². The summed E-state index contributed by atoms with van der Waals surface area (Å²) in [5, 5.41) is 4.35. The number of aromatic nitrogens is 3. The number of nitrogens with zero attached hydrogens (tertiary/aromatic N) is 3. The second-order valence-corrected chi connectivity index (χ2v) is 6.56. The molecular weight excluding hydrogens is 297 g/mol. The van der Waals surface area contributed by atoms with Crippen LogP contribution in [0.2, 0.25) is 0 Å². The molecule has 4 rings (SSSR count). The van der Waals surface area contributed by atoms with Crippen LogP contribution in [0.25, 0.3) is 0 Å². The lowest BCUT2D eigenvalue weighted by Gasteiger charge is -2.17. The van der Waals surface area contributed by atoms with E-state index in [1.165, 1.54) is 0 Å². The average molecular weight is 315 g/mol. The van der Waals surface area contributed by atoms with Crippen LogP contribution in [0.15, 0.2) is 30.3 Å². The lowest BCUT2D eigenvalue weighted by molar-refractivity contribution is 0.0766. The van der Waals surface area contributed by atoms with Crippen LogP contribution in [0.4, 0.5) is 4.39 Å². The quantitative estimate of drug-likeness (QED) is 0.817. The number of ether oxygens (including phenoxy) is 1. The summed E-state index contributed by atoms with van der Waals surface area (Å²) in [4.78, 5) is 16.9. The molecule has 2 aliphatic rings. The van der Waals surface area contributed by atoms with Gasteiger partial charge in [0.15, 0.2) is 12.0 Å². The SMILES string of the molecule is CC1(C(=O)c2nc3n(n2)C(c2ccccc2)CC3F)CCOC1. The fourth-order valence-corrected chi connectivity index (χ4v) is 3.34. The molecule has 0 saturated carbocycles. The van der Waals surface area contributed by atoms with Crippen molar-refractivity contribution in [3.8, 4) is 0 Å². The largest absolute Gasteiger partial charge is 0.380 e. The van der Waals surface area contributed by atoms with Crippen LogP contribution in [0.1, 0.15) is 54.0 Å². The molecule has 0 bridgehead atoms. The fraction of sp³-hybridized carbons (Fsp3) is 0.471. The number of rotatable bonds is 3. The van der Waals surface area contributed by atoms with Gasteiger partial charge in [-0.2, -0.15) is 0 Å². The molecule has 120 valence electrons. The van der Waals surface area contributed by atoms with Gasteiger partial charge in [0.25, 0.3) is 0 Å². The van der Waals surface area contributed by atoms with Gasteiger partial charge in [0, 0.05) is 13.0 Å². The van der Waals surface area contributed by atoms with Gasteiger partial charge < -0.3 is 4.74 Å². The Hall–Kier alpha value is -2.08. The number of Topliss-reactive ketones (excluding diaryl/α,β-unsaturated/α-hetero) is 1. The average Bonchev–Trinajstić information content (AvgIpc) is 3.25. The smallest absolute Gasteiger partial charge is 0.218 e. The van der Waals surface area contributed by atoms with Gasteiger partial charge in [-0.3, -0.25) is 4.79 Å². The van der Waals surface area contributed by atoms with E-state index >= 15 is 0 Å². The maximum atomic E-state index is 14.3. The van der Waals surface area contributed by atoms with Crippen LogP contribution in [0.5, 0.6) is 0 Å². The van der Waals surface area contributed by atoms with Gasteiger partial charge in [0.1, 0.15) is 0 Å². The summed E-state index contributed by atoms with van der Waals surface area (Å²) in [5.74, 6) is 0.205. The molecule has 0 aliphatic carbocycles. The molecule has 23 heavy (non-hydrogen) atoms. The Morgan fingerprint density at radius 2 is 2.17 bits per heavy atom. The molecule has 3 heterocycles. The Labute approximate surface area is 133 Å². The topological polar surface area (TPSA) is 57.0 Å². The molecule has 6 heteroatoms. The Bertz CT molecular complexity index is 738. The first-order chi connectivity index (χ1) is 11.1. The van der Waals surface area contributed by atoms with Crippen molar-refractivity contribution in [3.05, 3.63) is 47.5 Å². The highest BCUT2D eigenvalue weighted by molar-refractivity contribution is 5.97. The van der Waals surface area contributed by atoms with Crippen LogP contribution in [0.3, 0.4) is 0 Å². The number of carbonyl (C=O) groups is 1. The third-order valence-electron chi connectivity index (χ3n) is 4.82. The van der Waals surface area contributed by atoms with Crippen LogP contribution in [-0.4, -0.2) is 33.8 Å². The summed E-state index contributed by atoms with van der Waals surface area (Å²) in [6.45, 7) is 2.79. The van der Waals surface area contributed by atoms with Crippen LogP contribution < -0.4 is 0 Å². The van der Waals surface area contributed by atoms with Gasteiger partial charge in [0.2, 0.25) is 11.6 Å². The molecule has 0 radical (unpaired) electrons. The second kappa shape index (κ2) is 5.23. The molecular formula is C17H18FN3O2. The predicted octanol–water partition coefficient (Wildman–Crippen LogP) is 2.89. The van der Waals surface area contributed by atoms with E-state index in [2.05, 4.69) is 10.1 Å². The van der Waals surface area contributed by atoms with Crippen molar-refractivity contribution < 1.29 is 13.9 Å². The molecule has 1 aromatic heterocycles. The third kappa shape index (κ3) is 2.28. The Balaban J connectivity index is 1.69. The van der Waals surface area contributed by atoms with Gasteiger partial charge in [-0.25, -0.2) is 14.1 Å². The lowest BCUT2D eigenvalue weighted by Crippen LogP contribution is -2.29. The summed E-state index contributed by atoms with van der Waals surface area (Å²) < 4.78 is 21.3. The van der Waals surface area contributed by atoms with Gasteiger partial charge >= 0.3 is 0 Å². The summed E-state index contributed by atoms with van der Waals surface area (Å²) in [5.41, 5.74) is 0.379. The first kappa shape index (κ1) is 14.5. The van der Waals surface area contributed by atoms with E-state index in [1.54, 1.807) is 4.68 Å². The highest BCUT2D eigenvalue weighted by Crippen LogP contribution is 2.40. The second-order valence-electron chi connectivity index (χ2n) is 6.56. The zero-order valence-corrected chi connectivity index (χ0v) is 12.9. The monoisotopic (exact) mass is 315 g/mol. The predicted molar refractivity (Wildman–Crippen MR) is 80.9 cm³/mol. The van der Waals surface area contributed by atoms with Crippen molar-refractivity contribution >= 4 is 5.78 Å². The zero-order chi connectivity index (χ0) is 16.0. The maximum Gasteiger partial charge on any atom is 0.218 e. The molecule has 1 aromatic carbocycles.